The van der Waals surface area contributed by atoms with Crippen LogP contribution in [0.1, 0.15) is 0 Å². The molecule has 0 aliphatic rings. The summed E-state index contributed by atoms with van der Waals surface area (Å²) in [6.07, 6.45) is 0. The number of rotatable bonds is 4. The van der Waals surface area contributed by atoms with Crippen molar-refractivity contribution in [2.24, 2.45) is 0 Å². The minimum absolute atomic E-state index is 0.159. The first-order valence-corrected chi connectivity index (χ1v) is 7.34. The van der Waals surface area contributed by atoms with E-state index in [-0.39, 0.29) is 11.4 Å². The maximum Gasteiger partial charge on any atom is 0.244 e. The number of nitriles is 1. The van der Waals surface area contributed by atoms with Gasteiger partial charge in [-0.25, -0.2) is 8.42 Å². The Balaban J connectivity index is 3.32. The van der Waals surface area contributed by atoms with E-state index in [9.17, 15) is 8.42 Å². The van der Waals surface area contributed by atoms with Crippen LogP contribution in [0, 0.1) is 11.3 Å². The lowest BCUT2D eigenvalue weighted by atomic mass is 10.3. The van der Waals surface area contributed by atoms with Crippen molar-refractivity contribution in [1.82, 2.24) is 4.31 Å². The molecule has 0 fully saturated rings. The molecule has 1 rings (SSSR count). The fourth-order valence-electron chi connectivity index (χ4n) is 1.32. The third kappa shape index (κ3) is 3.02. The van der Waals surface area contributed by atoms with Gasteiger partial charge in [0, 0.05) is 31.3 Å². The lowest BCUT2D eigenvalue weighted by Crippen LogP contribution is -2.27. The third-order valence-corrected chi connectivity index (χ3v) is 5.21. The molecule has 0 bridgehead atoms. The number of halogens is 1. The van der Waals surface area contributed by atoms with E-state index >= 15 is 0 Å². The van der Waals surface area contributed by atoms with Gasteiger partial charge in [-0.3, -0.25) is 0 Å². The first-order valence-electron chi connectivity index (χ1n) is 5.11. The summed E-state index contributed by atoms with van der Waals surface area (Å²) in [5, 5.41) is 8.58. The molecule has 0 unspecified atom stereocenters. The molecule has 0 radical (unpaired) electrons. The van der Waals surface area contributed by atoms with Crippen molar-refractivity contribution in [2.75, 3.05) is 32.6 Å². The molecule has 0 atom stereocenters. The highest BCUT2D eigenvalue weighted by molar-refractivity contribution is 9.10. The second-order valence-corrected chi connectivity index (χ2v) is 6.80. The fraction of sp³-hybridized carbons (Fsp3) is 0.364. The molecule has 0 saturated carbocycles. The summed E-state index contributed by atoms with van der Waals surface area (Å²) in [6, 6.07) is 6.89. The minimum Gasteiger partial charge on any atom is -0.378 e. The van der Waals surface area contributed by atoms with Gasteiger partial charge in [0.2, 0.25) is 10.0 Å². The quantitative estimate of drug-likeness (QED) is 0.787. The molecule has 0 amide bonds. The Labute approximate surface area is 116 Å². The van der Waals surface area contributed by atoms with Crippen LogP contribution in [0.5, 0.6) is 0 Å². The molecule has 5 nitrogen and oxygen atoms in total. The highest BCUT2D eigenvalue weighted by Crippen LogP contribution is 2.28. The summed E-state index contributed by atoms with van der Waals surface area (Å²) < 4.78 is 26.0. The normalized spacial score (nSPS) is 11.3. The molecular formula is C11H14BrN3O2S. The molecular weight excluding hydrogens is 318 g/mol. The number of benzene rings is 1. The van der Waals surface area contributed by atoms with Crippen LogP contribution in [-0.2, 0) is 10.0 Å². The van der Waals surface area contributed by atoms with Gasteiger partial charge in [0.15, 0.2) is 0 Å². The van der Waals surface area contributed by atoms with E-state index in [0.717, 1.165) is 9.99 Å². The van der Waals surface area contributed by atoms with Gasteiger partial charge in [0.25, 0.3) is 0 Å². The molecule has 0 spiro atoms. The van der Waals surface area contributed by atoms with Crippen molar-refractivity contribution in [1.29, 1.82) is 5.26 Å². The predicted molar refractivity (Wildman–Crippen MR) is 73.9 cm³/mol. The van der Waals surface area contributed by atoms with E-state index in [1.807, 2.05) is 31.1 Å². The number of sulfonamides is 1. The highest BCUT2D eigenvalue weighted by atomic mass is 79.9. The van der Waals surface area contributed by atoms with E-state index in [1.165, 1.54) is 7.05 Å². The zero-order valence-electron chi connectivity index (χ0n) is 10.4. The zero-order valence-corrected chi connectivity index (χ0v) is 12.8. The topological polar surface area (TPSA) is 64.4 Å². The van der Waals surface area contributed by atoms with Gasteiger partial charge in [0.1, 0.15) is 6.54 Å². The van der Waals surface area contributed by atoms with E-state index in [0.29, 0.717) is 4.47 Å². The molecule has 0 saturated heterocycles. The smallest absolute Gasteiger partial charge is 0.244 e. The summed E-state index contributed by atoms with van der Waals surface area (Å²) in [7, 11) is 1.40. The average Bonchev–Trinajstić information content (AvgIpc) is 2.29. The lowest BCUT2D eigenvalue weighted by molar-refractivity contribution is 0.501. The highest BCUT2D eigenvalue weighted by Gasteiger charge is 2.23. The van der Waals surface area contributed by atoms with Crippen LogP contribution in [0.3, 0.4) is 0 Å². The minimum atomic E-state index is -3.65. The maximum atomic E-state index is 12.2. The second kappa shape index (κ2) is 5.69. The molecule has 0 aliphatic carbocycles. The Morgan fingerprint density at radius 2 is 1.94 bits per heavy atom. The van der Waals surface area contributed by atoms with Gasteiger partial charge in [-0.15, -0.1) is 0 Å². The van der Waals surface area contributed by atoms with Gasteiger partial charge < -0.3 is 4.90 Å². The number of hydrogen-bond donors (Lipinski definition) is 0. The molecule has 0 heterocycles. The van der Waals surface area contributed by atoms with Crippen LogP contribution in [0.15, 0.2) is 27.6 Å². The van der Waals surface area contributed by atoms with Crippen molar-refractivity contribution in [3.63, 3.8) is 0 Å². The fourth-order valence-corrected chi connectivity index (χ4v) is 3.33. The van der Waals surface area contributed by atoms with E-state index in [4.69, 9.17) is 5.26 Å². The Bertz CT molecular complexity index is 578. The molecule has 1 aromatic carbocycles. The second-order valence-electron chi connectivity index (χ2n) is 3.93. The van der Waals surface area contributed by atoms with Crippen molar-refractivity contribution in [3.05, 3.63) is 22.7 Å². The number of hydrogen-bond acceptors (Lipinski definition) is 4. The summed E-state index contributed by atoms with van der Waals surface area (Å²) in [4.78, 5) is 1.97. The van der Waals surface area contributed by atoms with Crippen molar-refractivity contribution in [3.8, 4) is 6.07 Å². The van der Waals surface area contributed by atoms with Gasteiger partial charge in [-0.1, -0.05) is 0 Å². The molecule has 0 N–H and O–H groups in total. The van der Waals surface area contributed by atoms with Crippen LogP contribution < -0.4 is 4.90 Å². The summed E-state index contributed by atoms with van der Waals surface area (Å²) in [5.41, 5.74) is 0.780. The van der Waals surface area contributed by atoms with Crippen molar-refractivity contribution >= 4 is 31.6 Å². The Morgan fingerprint density at radius 3 is 2.44 bits per heavy atom. The van der Waals surface area contributed by atoms with Gasteiger partial charge in [0.05, 0.1) is 11.0 Å². The summed E-state index contributed by atoms with van der Waals surface area (Å²) >= 11 is 3.23. The molecule has 7 heteroatoms. The number of nitrogens with zero attached hydrogens (tertiary/aromatic N) is 3. The van der Waals surface area contributed by atoms with Gasteiger partial charge >= 0.3 is 0 Å². The van der Waals surface area contributed by atoms with Crippen molar-refractivity contribution < 1.29 is 8.42 Å². The Kier molecular flexibility index (Phi) is 4.73. The monoisotopic (exact) mass is 331 g/mol. The Hall–Kier alpha value is -1.10. The molecule has 1 aromatic rings. The first kappa shape index (κ1) is 15.0. The number of anilines is 1. The zero-order chi connectivity index (χ0) is 13.9. The van der Waals surface area contributed by atoms with Crippen LogP contribution in [-0.4, -0.2) is 40.4 Å². The molecule has 0 aromatic heterocycles. The van der Waals surface area contributed by atoms with Crippen LogP contribution >= 0.6 is 15.9 Å². The Morgan fingerprint density at radius 1 is 1.33 bits per heavy atom. The van der Waals surface area contributed by atoms with Gasteiger partial charge in [-0.2, -0.15) is 9.57 Å². The lowest BCUT2D eigenvalue weighted by Gasteiger charge is -2.18. The van der Waals surface area contributed by atoms with Crippen LogP contribution in [0.25, 0.3) is 0 Å². The van der Waals surface area contributed by atoms with Crippen molar-refractivity contribution in [2.45, 2.75) is 4.90 Å². The predicted octanol–water partition coefficient (Wildman–Crippen LogP) is 1.66. The van der Waals surface area contributed by atoms with E-state index in [1.54, 1.807) is 12.1 Å². The SMILES string of the molecule is CN(C)c1ccc(Br)c(S(=O)(=O)N(C)CC#N)c1. The first-order chi connectivity index (χ1) is 8.30. The van der Waals surface area contributed by atoms with Crippen LogP contribution in [0.4, 0.5) is 5.69 Å². The largest absolute Gasteiger partial charge is 0.378 e. The van der Waals surface area contributed by atoms with E-state index in [2.05, 4.69) is 15.9 Å². The summed E-state index contributed by atoms with van der Waals surface area (Å²) in [5.74, 6) is 0. The van der Waals surface area contributed by atoms with Crippen LogP contribution in [0.2, 0.25) is 0 Å². The van der Waals surface area contributed by atoms with Gasteiger partial charge in [-0.05, 0) is 34.1 Å². The molecule has 18 heavy (non-hydrogen) atoms. The summed E-state index contributed by atoms with van der Waals surface area (Å²) in [6.45, 7) is -0.180. The molecule has 0 aliphatic heterocycles. The standard InChI is InChI=1S/C11H14BrN3O2S/c1-14(2)9-4-5-10(12)11(8-9)18(16,17)15(3)7-6-13/h4-5,8H,7H2,1-3H3. The average molecular weight is 332 g/mol. The third-order valence-electron chi connectivity index (χ3n) is 2.41. The molecule has 98 valence electrons. The maximum absolute atomic E-state index is 12.2. The van der Waals surface area contributed by atoms with E-state index < -0.39 is 10.0 Å².